The molecule has 118 valence electrons. The Morgan fingerprint density at radius 3 is 2.22 bits per heavy atom. The van der Waals surface area contributed by atoms with E-state index in [1.165, 1.54) is 13.8 Å². The Balaban J connectivity index is 2.69. The van der Waals surface area contributed by atoms with Crippen LogP contribution >= 0.6 is 0 Å². The van der Waals surface area contributed by atoms with E-state index in [0.717, 1.165) is 24.3 Å². The highest BCUT2D eigenvalue weighted by atomic mass is 19.1. The zero-order chi connectivity index (χ0) is 17.4. The van der Waals surface area contributed by atoms with Gasteiger partial charge in [0.1, 0.15) is 28.8 Å². The van der Waals surface area contributed by atoms with Gasteiger partial charge in [0.25, 0.3) is 0 Å². The quantitative estimate of drug-likeness (QED) is 0.936. The molecule has 1 heterocycles. The second kappa shape index (κ2) is 5.72. The molecule has 0 radical (unpaired) electrons. The number of halogens is 3. The second-order valence-corrected chi connectivity index (χ2v) is 5.38. The fourth-order valence-corrected chi connectivity index (χ4v) is 1.96. The van der Waals surface area contributed by atoms with E-state index in [4.69, 9.17) is 10.4 Å². The normalized spacial score (nSPS) is 11.1. The predicted molar refractivity (Wildman–Crippen MR) is 75.1 cm³/mol. The Kier molecular flexibility index (Phi) is 4.10. The first-order valence-corrected chi connectivity index (χ1v) is 6.48. The topological polar surface area (TPSA) is 74.0 Å². The maximum atomic E-state index is 14.3. The van der Waals surface area contributed by atoms with E-state index in [0.29, 0.717) is 0 Å². The molecule has 0 aliphatic heterocycles. The lowest BCUT2D eigenvalue weighted by Crippen LogP contribution is -2.15. The van der Waals surface area contributed by atoms with Gasteiger partial charge in [-0.15, -0.1) is 0 Å². The zero-order valence-electron chi connectivity index (χ0n) is 12.2. The molecular formula is C16H11F3N2O2. The van der Waals surface area contributed by atoms with Crippen molar-refractivity contribution in [3.8, 4) is 17.3 Å². The van der Waals surface area contributed by atoms with E-state index in [1.807, 2.05) is 6.07 Å². The fourth-order valence-electron chi connectivity index (χ4n) is 1.96. The van der Waals surface area contributed by atoms with E-state index < -0.39 is 45.8 Å². The summed E-state index contributed by atoms with van der Waals surface area (Å²) in [5.41, 5.74) is -3.12. The molecule has 2 rings (SSSR count). The van der Waals surface area contributed by atoms with Crippen molar-refractivity contribution in [2.45, 2.75) is 19.3 Å². The smallest absolute Gasteiger partial charge is 0.354 e. The van der Waals surface area contributed by atoms with Crippen molar-refractivity contribution in [3.63, 3.8) is 0 Å². The van der Waals surface area contributed by atoms with E-state index in [-0.39, 0.29) is 5.56 Å². The number of hydrogen-bond donors (Lipinski definition) is 1. The molecule has 0 bridgehead atoms. The van der Waals surface area contributed by atoms with Crippen LogP contribution < -0.4 is 0 Å². The van der Waals surface area contributed by atoms with Gasteiger partial charge in [0.15, 0.2) is 0 Å². The van der Waals surface area contributed by atoms with Crippen LogP contribution in [-0.2, 0) is 5.41 Å². The lowest BCUT2D eigenvalue weighted by Gasteiger charge is -2.17. The Labute approximate surface area is 129 Å². The standard InChI is InChI=1S/C16H11F3N2O2/c1-16(2,7-20)8-5-10(18)13(11(19)6-8)14-9(17)3-4-12(21-14)15(22)23/h3-6H,1-2H3,(H,22,23). The van der Waals surface area contributed by atoms with Crippen molar-refractivity contribution in [1.29, 1.82) is 5.26 Å². The summed E-state index contributed by atoms with van der Waals surface area (Å²) in [6.07, 6.45) is 0. The van der Waals surface area contributed by atoms with Crippen LogP contribution in [0.5, 0.6) is 0 Å². The first-order chi connectivity index (χ1) is 10.7. The Bertz CT molecular complexity index is 819. The molecule has 1 aromatic heterocycles. The van der Waals surface area contributed by atoms with Crippen molar-refractivity contribution < 1.29 is 23.1 Å². The van der Waals surface area contributed by atoms with E-state index in [1.54, 1.807) is 0 Å². The molecule has 1 N–H and O–H groups in total. The number of aromatic carboxylic acids is 1. The molecule has 4 nitrogen and oxygen atoms in total. The monoisotopic (exact) mass is 320 g/mol. The summed E-state index contributed by atoms with van der Waals surface area (Å²) in [5, 5.41) is 17.9. The van der Waals surface area contributed by atoms with Crippen molar-refractivity contribution in [1.82, 2.24) is 4.98 Å². The molecule has 23 heavy (non-hydrogen) atoms. The summed E-state index contributed by atoms with van der Waals surface area (Å²) in [7, 11) is 0. The lowest BCUT2D eigenvalue weighted by atomic mass is 9.85. The van der Waals surface area contributed by atoms with Gasteiger partial charge in [0.05, 0.1) is 17.0 Å². The number of carbonyl (C=O) groups is 1. The molecule has 7 heteroatoms. The number of nitriles is 1. The average Bonchev–Trinajstić information content (AvgIpc) is 2.48. The van der Waals surface area contributed by atoms with Crippen LogP contribution in [0.25, 0.3) is 11.3 Å². The van der Waals surface area contributed by atoms with Crippen LogP contribution in [0.1, 0.15) is 29.9 Å². The number of pyridine rings is 1. The molecule has 0 fully saturated rings. The number of nitrogens with zero attached hydrogens (tertiary/aromatic N) is 2. The molecule has 0 saturated heterocycles. The highest BCUT2D eigenvalue weighted by Gasteiger charge is 2.26. The molecule has 0 unspecified atom stereocenters. The predicted octanol–water partition coefficient (Wildman–Crippen LogP) is 3.67. The van der Waals surface area contributed by atoms with Crippen LogP contribution in [0.15, 0.2) is 24.3 Å². The fraction of sp³-hybridized carbons (Fsp3) is 0.188. The molecule has 2 aromatic rings. The van der Waals surface area contributed by atoms with Gasteiger partial charge in [-0.2, -0.15) is 5.26 Å². The molecular weight excluding hydrogens is 309 g/mol. The Morgan fingerprint density at radius 1 is 1.17 bits per heavy atom. The highest BCUT2D eigenvalue weighted by Crippen LogP contribution is 2.32. The van der Waals surface area contributed by atoms with Crippen molar-refractivity contribution in [2.75, 3.05) is 0 Å². The van der Waals surface area contributed by atoms with Gasteiger partial charge in [0.2, 0.25) is 0 Å². The van der Waals surface area contributed by atoms with Gasteiger partial charge < -0.3 is 5.11 Å². The summed E-state index contributed by atoms with van der Waals surface area (Å²) in [6.45, 7) is 2.95. The Morgan fingerprint density at radius 2 is 1.74 bits per heavy atom. The van der Waals surface area contributed by atoms with Crippen LogP contribution in [-0.4, -0.2) is 16.1 Å². The van der Waals surface area contributed by atoms with Crippen molar-refractivity contribution in [2.24, 2.45) is 0 Å². The first-order valence-electron chi connectivity index (χ1n) is 6.48. The minimum atomic E-state index is -1.45. The third-order valence-corrected chi connectivity index (χ3v) is 3.35. The SMILES string of the molecule is CC(C)(C#N)c1cc(F)c(-c2nc(C(=O)O)ccc2F)c(F)c1. The molecule has 0 amide bonds. The molecule has 0 saturated carbocycles. The first kappa shape index (κ1) is 16.5. The van der Waals surface area contributed by atoms with Crippen molar-refractivity contribution in [3.05, 3.63) is 53.0 Å². The molecule has 0 atom stereocenters. The van der Waals surface area contributed by atoms with Gasteiger partial charge in [-0.1, -0.05) is 0 Å². The number of benzene rings is 1. The third-order valence-electron chi connectivity index (χ3n) is 3.35. The minimum Gasteiger partial charge on any atom is -0.477 e. The largest absolute Gasteiger partial charge is 0.477 e. The third kappa shape index (κ3) is 3.01. The van der Waals surface area contributed by atoms with Crippen LogP contribution in [0, 0.1) is 28.8 Å². The second-order valence-electron chi connectivity index (χ2n) is 5.38. The zero-order valence-corrected chi connectivity index (χ0v) is 12.2. The molecule has 0 aliphatic rings. The maximum Gasteiger partial charge on any atom is 0.354 e. The number of carboxylic acid groups (broad SMARTS) is 1. The summed E-state index contributed by atoms with van der Waals surface area (Å²) in [5.74, 6) is -4.76. The Hall–Kier alpha value is -2.88. The summed E-state index contributed by atoms with van der Waals surface area (Å²) in [4.78, 5) is 14.3. The summed E-state index contributed by atoms with van der Waals surface area (Å²) >= 11 is 0. The average molecular weight is 320 g/mol. The number of aromatic nitrogens is 1. The van der Waals surface area contributed by atoms with Gasteiger partial charge in [-0.3, -0.25) is 0 Å². The highest BCUT2D eigenvalue weighted by molar-refractivity contribution is 5.86. The van der Waals surface area contributed by atoms with Crippen molar-refractivity contribution >= 4 is 5.97 Å². The van der Waals surface area contributed by atoms with Gasteiger partial charge in [0, 0.05) is 0 Å². The van der Waals surface area contributed by atoms with Gasteiger partial charge in [-0.05, 0) is 43.7 Å². The number of carboxylic acids is 1. The van der Waals surface area contributed by atoms with Crippen LogP contribution in [0.2, 0.25) is 0 Å². The van der Waals surface area contributed by atoms with Gasteiger partial charge in [-0.25, -0.2) is 22.9 Å². The minimum absolute atomic E-state index is 0.0774. The lowest BCUT2D eigenvalue weighted by molar-refractivity contribution is 0.0690. The summed E-state index contributed by atoms with van der Waals surface area (Å²) in [6, 6.07) is 5.40. The molecule has 1 aromatic carbocycles. The number of rotatable bonds is 3. The van der Waals surface area contributed by atoms with E-state index >= 15 is 0 Å². The van der Waals surface area contributed by atoms with Crippen LogP contribution in [0.3, 0.4) is 0 Å². The van der Waals surface area contributed by atoms with E-state index in [2.05, 4.69) is 4.98 Å². The summed E-state index contributed by atoms with van der Waals surface area (Å²) < 4.78 is 42.4. The maximum absolute atomic E-state index is 14.3. The van der Waals surface area contributed by atoms with Crippen LogP contribution in [0.4, 0.5) is 13.2 Å². The molecule has 0 aliphatic carbocycles. The number of hydrogen-bond acceptors (Lipinski definition) is 3. The molecule has 0 spiro atoms. The van der Waals surface area contributed by atoms with E-state index in [9.17, 15) is 18.0 Å². The van der Waals surface area contributed by atoms with Gasteiger partial charge >= 0.3 is 5.97 Å².